The van der Waals surface area contributed by atoms with Crippen LogP contribution in [0.2, 0.25) is 0 Å². The molecule has 5 nitrogen and oxygen atoms in total. The number of nitrogens with one attached hydrogen (secondary N) is 1. The predicted octanol–water partition coefficient (Wildman–Crippen LogP) is 4.13. The van der Waals surface area contributed by atoms with Gasteiger partial charge >= 0.3 is 0 Å². The van der Waals surface area contributed by atoms with Crippen molar-refractivity contribution < 1.29 is 4.79 Å². The van der Waals surface area contributed by atoms with Crippen LogP contribution in [0.15, 0.2) is 36.5 Å². The van der Waals surface area contributed by atoms with Gasteiger partial charge < -0.3 is 14.8 Å². The molecule has 4 rings (SSSR count). The summed E-state index contributed by atoms with van der Waals surface area (Å²) in [4.78, 5) is 19.5. The average molecular weight is 391 g/mol. The van der Waals surface area contributed by atoms with E-state index in [1.54, 1.807) is 6.92 Å². The molecule has 1 fully saturated rings. The molecular weight excluding hydrogens is 360 g/mol. The molecule has 3 heterocycles. The summed E-state index contributed by atoms with van der Waals surface area (Å²) in [5.74, 6) is 0.470. The van der Waals surface area contributed by atoms with Gasteiger partial charge in [-0.3, -0.25) is 9.78 Å². The van der Waals surface area contributed by atoms with E-state index in [1.165, 1.54) is 16.8 Å². The van der Waals surface area contributed by atoms with Crippen LogP contribution in [0.1, 0.15) is 54.0 Å². The number of carbonyl (C=O) groups is 1. The number of aromatic nitrogens is 2. The highest BCUT2D eigenvalue weighted by Crippen LogP contribution is 2.31. The molecule has 0 spiro atoms. The fourth-order valence-corrected chi connectivity index (χ4v) is 4.33. The SMILES string of the molecule is CC(=O)c1cc2cc(C)cc(C(C)C)c2n1Cc1cc(N2CCNCC2)ccn1. The van der Waals surface area contributed by atoms with Crippen molar-refractivity contribution in [2.75, 3.05) is 31.1 Å². The number of aryl methyl sites for hydroxylation is 1. The number of anilines is 1. The van der Waals surface area contributed by atoms with Crippen molar-refractivity contribution in [3.63, 3.8) is 0 Å². The third-order valence-corrected chi connectivity index (χ3v) is 5.75. The molecule has 2 aromatic heterocycles. The van der Waals surface area contributed by atoms with E-state index < -0.39 is 0 Å². The summed E-state index contributed by atoms with van der Waals surface area (Å²) >= 11 is 0. The normalized spacial score (nSPS) is 14.7. The molecule has 0 radical (unpaired) electrons. The van der Waals surface area contributed by atoms with Crippen LogP contribution in [0, 0.1) is 6.92 Å². The molecule has 5 heteroatoms. The predicted molar refractivity (Wildman–Crippen MR) is 119 cm³/mol. The highest BCUT2D eigenvalue weighted by atomic mass is 16.1. The van der Waals surface area contributed by atoms with E-state index in [1.807, 2.05) is 12.3 Å². The molecule has 0 atom stereocenters. The summed E-state index contributed by atoms with van der Waals surface area (Å²) in [6.07, 6.45) is 1.89. The zero-order valence-corrected chi connectivity index (χ0v) is 17.8. The van der Waals surface area contributed by atoms with E-state index >= 15 is 0 Å². The largest absolute Gasteiger partial charge is 0.369 e. The van der Waals surface area contributed by atoms with Crippen molar-refractivity contribution in [2.24, 2.45) is 0 Å². The number of hydrogen-bond donors (Lipinski definition) is 1. The molecule has 0 bridgehead atoms. The van der Waals surface area contributed by atoms with Gasteiger partial charge in [-0.15, -0.1) is 0 Å². The van der Waals surface area contributed by atoms with Crippen LogP contribution in [0.25, 0.3) is 10.9 Å². The number of Topliss-reactive ketones (excluding diaryl/α,β-unsaturated/α-hetero) is 1. The summed E-state index contributed by atoms with van der Waals surface area (Å²) < 4.78 is 2.16. The number of carbonyl (C=O) groups excluding carboxylic acids is 1. The second-order valence-corrected chi connectivity index (χ2v) is 8.36. The fraction of sp³-hybridized carbons (Fsp3) is 0.417. The number of pyridine rings is 1. The van der Waals surface area contributed by atoms with Gasteiger partial charge in [-0.1, -0.05) is 25.5 Å². The second kappa shape index (κ2) is 7.99. The van der Waals surface area contributed by atoms with Crippen molar-refractivity contribution in [2.45, 2.75) is 40.2 Å². The summed E-state index contributed by atoms with van der Waals surface area (Å²) in [5.41, 5.74) is 6.61. The molecule has 29 heavy (non-hydrogen) atoms. The Labute approximate surface area is 172 Å². The molecular formula is C24H30N4O. The molecule has 1 saturated heterocycles. The Morgan fingerprint density at radius 3 is 2.62 bits per heavy atom. The zero-order valence-electron chi connectivity index (χ0n) is 17.8. The molecule has 0 saturated carbocycles. The molecule has 0 aliphatic carbocycles. The van der Waals surface area contributed by atoms with Crippen molar-refractivity contribution in [1.29, 1.82) is 0 Å². The van der Waals surface area contributed by atoms with Gasteiger partial charge in [0.1, 0.15) is 0 Å². The average Bonchev–Trinajstić information content (AvgIpc) is 3.06. The quantitative estimate of drug-likeness (QED) is 0.666. The van der Waals surface area contributed by atoms with Crippen molar-refractivity contribution in [3.05, 3.63) is 59.0 Å². The molecule has 152 valence electrons. The Balaban J connectivity index is 1.79. The zero-order chi connectivity index (χ0) is 20.5. The van der Waals surface area contributed by atoms with Crippen LogP contribution in [0.3, 0.4) is 0 Å². The third-order valence-electron chi connectivity index (χ3n) is 5.75. The molecule has 1 aromatic carbocycles. The van der Waals surface area contributed by atoms with Crippen molar-refractivity contribution in [3.8, 4) is 0 Å². The van der Waals surface area contributed by atoms with Gasteiger partial charge in [0.2, 0.25) is 0 Å². The van der Waals surface area contributed by atoms with Gasteiger partial charge in [0, 0.05) is 50.4 Å². The summed E-state index contributed by atoms with van der Waals surface area (Å²) in [7, 11) is 0. The number of ketones is 1. The molecule has 0 amide bonds. The Hall–Kier alpha value is -2.66. The maximum absolute atomic E-state index is 12.4. The molecule has 0 unspecified atom stereocenters. The summed E-state index contributed by atoms with van der Waals surface area (Å²) in [6, 6.07) is 10.7. The highest BCUT2D eigenvalue weighted by Gasteiger charge is 2.19. The van der Waals surface area contributed by atoms with Gasteiger partial charge in [-0.25, -0.2) is 0 Å². The van der Waals surface area contributed by atoms with Crippen LogP contribution in [-0.4, -0.2) is 41.5 Å². The monoisotopic (exact) mass is 390 g/mol. The standard InChI is InChI=1S/C24H30N4O/c1-16(2)22-12-17(3)11-19-13-23(18(4)29)28(24(19)22)15-20-14-21(5-6-26-20)27-9-7-25-8-10-27/h5-6,11-14,16,25H,7-10,15H2,1-4H3. The van der Waals surface area contributed by atoms with Gasteiger partial charge in [-0.05, 0) is 42.7 Å². The van der Waals surface area contributed by atoms with E-state index in [4.69, 9.17) is 0 Å². The molecule has 1 aliphatic heterocycles. The maximum atomic E-state index is 12.4. The number of nitrogens with zero attached hydrogens (tertiary/aromatic N) is 3. The first-order valence-corrected chi connectivity index (χ1v) is 10.5. The third kappa shape index (κ3) is 3.92. The first kappa shape index (κ1) is 19.6. The van der Waals surface area contributed by atoms with E-state index in [2.05, 4.69) is 64.8 Å². The first-order valence-electron chi connectivity index (χ1n) is 10.5. The van der Waals surface area contributed by atoms with Crippen LogP contribution in [0.4, 0.5) is 5.69 Å². The smallest absolute Gasteiger partial charge is 0.176 e. The van der Waals surface area contributed by atoms with E-state index in [-0.39, 0.29) is 5.78 Å². The van der Waals surface area contributed by atoms with Gasteiger partial charge in [-0.2, -0.15) is 0 Å². The number of piperazine rings is 1. The lowest BCUT2D eigenvalue weighted by atomic mass is 9.98. The number of benzene rings is 1. The van der Waals surface area contributed by atoms with E-state index in [9.17, 15) is 4.79 Å². The minimum Gasteiger partial charge on any atom is -0.369 e. The Bertz CT molecular complexity index is 1040. The lowest BCUT2D eigenvalue weighted by molar-refractivity contribution is 0.101. The Kier molecular flexibility index (Phi) is 5.41. The van der Waals surface area contributed by atoms with Crippen LogP contribution < -0.4 is 10.2 Å². The first-order chi connectivity index (χ1) is 13.9. The topological polar surface area (TPSA) is 50.2 Å². The van der Waals surface area contributed by atoms with Crippen molar-refractivity contribution >= 4 is 22.4 Å². The molecule has 3 aromatic rings. The minimum absolute atomic E-state index is 0.0896. The summed E-state index contributed by atoms with van der Waals surface area (Å²) in [6.45, 7) is 12.8. The lowest BCUT2D eigenvalue weighted by Crippen LogP contribution is -2.43. The van der Waals surface area contributed by atoms with Gasteiger partial charge in [0.15, 0.2) is 5.78 Å². The van der Waals surface area contributed by atoms with Crippen LogP contribution >= 0.6 is 0 Å². The fourth-order valence-electron chi connectivity index (χ4n) is 4.33. The second-order valence-electron chi connectivity index (χ2n) is 8.36. The lowest BCUT2D eigenvalue weighted by Gasteiger charge is -2.29. The molecule has 1 aliphatic rings. The Morgan fingerprint density at radius 1 is 1.17 bits per heavy atom. The molecule has 1 N–H and O–H groups in total. The maximum Gasteiger partial charge on any atom is 0.176 e. The van der Waals surface area contributed by atoms with Crippen LogP contribution in [0.5, 0.6) is 0 Å². The van der Waals surface area contributed by atoms with Gasteiger partial charge in [0.25, 0.3) is 0 Å². The Morgan fingerprint density at radius 2 is 1.93 bits per heavy atom. The van der Waals surface area contributed by atoms with E-state index in [0.29, 0.717) is 12.5 Å². The van der Waals surface area contributed by atoms with E-state index in [0.717, 1.165) is 48.5 Å². The number of hydrogen-bond acceptors (Lipinski definition) is 4. The van der Waals surface area contributed by atoms with Crippen molar-refractivity contribution in [1.82, 2.24) is 14.9 Å². The summed E-state index contributed by atoms with van der Waals surface area (Å²) in [5, 5.41) is 4.53. The minimum atomic E-state index is 0.0896. The van der Waals surface area contributed by atoms with Gasteiger partial charge in [0.05, 0.1) is 23.4 Å². The highest BCUT2D eigenvalue weighted by molar-refractivity contribution is 5.99. The van der Waals surface area contributed by atoms with Crippen LogP contribution in [-0.2, 0) is 6.54 Å². The number of rotatable bonds is 5. The number of fused-ring (bicyclic) bond motifs is 1.